The van der Waals surface area contributed by atoms with Gasteiger partial charge in [0, 0.05) is 64.5 Å². The highest BCUT2D eigenvalue weighted by molar-refractivity contribution is 5.97. The molecule has 4 aromatic rings. The van der Waals surface area contributed by atoms with Crippen molar-refractivity contribution in [2.45, 2.75) is 44.6 Å². The van der Waals surface area contributed by atoms with E-state index in [1.54, 1.807) is 0 Å². The second-order valence-corrected chi connectivity index (χ2v) is 14.4. The zero-order chi connectivity index (χ0) is 37.5. The lowest BCUT2D eigenvalue weighted by Gasteiger charge is -2.55. The topological polar surface area (TPSA) is 118 Å². The molecule has 3 N–H and O–H groups in total. The summed E-state index contributed by atoms with van der Waals surface area (Å²) in [7, 11) is 0. The van der Waals surface area contributed by atoms with Gasteiger partial charge in [-0.1, -0.05) is 55.1 Å². The Morgan fingerprint density at radius 2 is 1.77 bits per heavy atom. The number of epoxide rings is 1. The average molecular weight is 733 g/mol. The number of amides is 2. The number of anilines is 1. The third kappa shape index (κ3) is 7.39. The summed E-state index contributed by atoms with van der Waals surface area (Å²) in [6.45, 7) is 15.2. The van der Waals surface area contributed by atoms with Crippen LogP contribution in [0.4, 0.5) is 19.0 Å². The van der Waals surface area contributed by atoms with Gasteiger partial charge in [-0.15, -0.1) is 0 Å². The van der Waals surface area contributed by atoms with Crippen molar-refractivity contribution in [1.29, 1.82) is 0 Å². The van der Waals surface area contributed by atoms with E-state index in [4.69, 9.17) is 20.3 Å². The van der Waals surface area contributed by atoms with Gasteiger partial charge in [0.05, 0.1) is 36.8 Å². The van der Waals surface area contributed by atoms with Gasteiger partial charge in [-0.05, 0) is 60.9 Å². The smallest absolute Gasteiger partial charge is 0.380 e. The number of nitrogens with one attached hydrogen (secondary N) is 1. The Hall–Kier alpha value is -4.82. The number of rotatable bonds is 10. The first-order chi connectivity index (χ1) is 25.3. The van der Waals surface area contributed by atoms with Gasteiger partial charge in [0.15, 0.2) is 5.72 Å². The van der Waals surface area contributed by atoms with Gasteiger partial charge >= 0.3 is 6.18 Å². The zero-order valence-corrected chi connectivity index (χ0v) is 29.8. The van der Waals surface area contributed by atoms with Gasteiger partial charge in [0.25, 0.3) is 0 Å². The van der Waals surface area contributed by atoms with Gasteiger partial charge in [0.1, 0.15) is 5.82 Å². The summed E-state index contributed by atoms with van der Waals surface area (Å²) in [5.41, 5.74) is 10.2. The normalized spacial score (nSPS) is 21.6. The van der Waals surface area contributed by atoms with Gasteiger partial charge in [-0.2, -0.15) is 18.3 Å². The van der Waals surface area contributed by atoms with Crippen molar-refractivity contribution in [2.75, 3.05) is 50.9 Å². The van der Waals surface area contributed by atoms with E-state index in [0.29, 0.717) is 31.5 Å². The van der Waals surface area contributed by atoms with Crippen LogP contribution < -0.4 is 16.0 Å². The third-order valence-corrected chi connectivity index (χ3v) is 10.4. The fraction of sp³-hybridized carbons (Fsp3) is 0.375. The summed E-state index contributed by atoms with van der Waals surface area (Å²) in [4.78, 5) is 28.3. The molecule has 0 radical (unpaired) electrons. The minimum Gasteiger partial charge on any atom is -0.380 e. The Kier molecular flexibility index (Phi) is 9.79. The van der Waals surface area contributed by atoms with E-state index in [2.05, 4.69) is 48.0 Å². The summed E-state index contributed by atoms with van der Waals surface area (Å²) >= 11 is 0. The highest BCUT2D eigenvalue weighted by atomic mass is 19.4. The number of hydrogen-bond donors (Lipinski definition) is 2. The van der Waals surface area contributed by atoms with Gasteiger partial charge in [-0.3, -0.25) is 24.7 Å². The van der Waals surface area contributed by atoms with E-state index in [-0.39, 0.29) is 20.2 Å². The quantitative estimate of drug-likeness (QED) is 0.150. The number of nitrogens with zero attached hydrogens (tertiary/aromatic N) is 4. The van der Waals surface area contributed by atoms with Gasteiger partial charge < -0.3 is 15.2 Å². The summed E-state index contributed by atoms with van der Waals surface area (Å²) in [6, 6.07) is 22.6. The number of halogens is 3. The lowest BCUT2D eigenvalue weighted by Crippen LogP contribution is -2.66. The molecular formula is C40H47F3N6O4. The number of ether oxygens (including phenoxy) is 2. The highest BCUT2D eigenvalue weighted by Crippen LogP contribution is 2.44. The van der Waals surface area contributed by atoms with Crippen LogP contribution in [0.2, 0.25) is 0 Å². The summed E-state index contributed by atoms with van der Waals surface area (Å²) in [5, 5.41) is 8.55. The van der Waals surface area contributed by atoms with Crippen LogP contribution in [-0.4, -0.2) is 78.2 Å². The largest absolute Gasteiger partial charge is 0.416 e. The number of fused-ring (bicyclic) bond motifs is 1. The van der Waals surface area contributed by atoms with Crippen LogP contribution in [-0.2, 0) is 27.0 Å². The number of nitrogens with two attached hydrogens (primary N) is 1. The first-order valence-corrected chi connectivity index (χ1v) is 17.7. The molecule has 0 saturated carbocycles. The molecule has 2 amide bonds. The second-order valence-electron chi connectivity index (χ2n) is 14.4. The first kappa shape index (κ1) is 36.5. The number of aromatic nitrogens is 2. The molecule has 8 rings (SSSR count). The van der Waals surface area contributed by atoms with E-state index < -0.39 is 23.4 Å². The van der Waals surface area contributed by atoms with E-state index in [9.17, 15) is 22.8 Å². The maximum Gasteiger partial charge on any atom is 0.416 e. The monoisotopic (exact) mass is 732 g/mol. The van der Waals surface area contributed by atoms with E-state index >= 15 is 0 Å². The Balaban J connectivity index is 0.000000332. The maximum absolute atomic E-state index is 13.4. The SMILES string of the molecule is C=C(CN1CC2(COC2)C1)C1(NCc2cccc([C@@H]3CC(=O)N(CC)c4c3c(C)nn4-c3ccccc3)c2)CO1.NC(=O)c1cccc(C(F)(F)F)c1.[HH].[HH]. The predicted octanol–water partition coefficient (Wildman–Crippen LogP) is 6.07. The molecule has 10 nitrogen and oxygen atoms in total. The molecule has 0 bridgehead atoms. The Labute approximate surface area is 309 Å². The van der Waals surface area contributed by atoms with Crippen LogP contribution in [0.5, 0.6) is 0 Å². The number of benzene rings is 3. The van der Waals surface area contributed by atoms with Gasteiger partial charge in [-0.25, -0.2) is 4.68 Å². The minimum absolute atomic E-state index is 0. The number of aryl methyl sites for hydroxylation is 1. The Morgan fingerprint density at radius 1 is 1.06 bits per heavy atom. The standard InChI is InChI=1S/C32H37N5O3.C8H6F3NO.2H2/c1-4-36-28(38)14-27(29-23(3)34-37(30(29)36)26-11-6-5-7-12-26)25-10-8-9-24(13-25)15-33-32(21-40-32)22(2)16-35-17-31(18-35)19-39-20-31;9-8(10,11)6-3-1-2-5(4-6)7(12)13;;/h5-13,27,33H,2,4,14-21H2,1,3H3;1-4H,(H2,12,13);2*1H/t27-,32?;;;/m0.../s1. The van der Waals surface area contributed by atoms with Crippen molar-refractivity contribution in [1.82, 2.24) is 20.0 Å². The molecule has 3 fully saturated rings. The van der Waals surface area contributed by atoms with Crippen LogP contribution in [0.25, 0.3) is 5.69 Å². The molecule has 2 atom stereocenters. The molecule has 5 heterocycles. The Bertz CT molecular complexity index is 2030. The molecule has 1 spiro atoms. The summed E-state index contributed by atoms with van der Waals surface area (Å²) in [6.07, 6.45) is -4.00. The lowest BCUT2D eigenvalue weighted by molar-refractivity contribution is -0.187. The number of likely N-dealkylation sites (tertiary alicyclic amines) is 1. The average Bonchev–Trinajstić information content (AvgIpc) is 3.84. The summed E-state index contributed by atoms with van der Waals surface area (Å²) in [5.74, 6) is 0.103. The van der Waals surface area contributed by atoms with E-state index in [0.717, 1.165) is 90.5 Å². The molecule has 4 aliphatic rings. The first-order valence-electron chi connectivity index (χ1n) is 17.7. The van der Waals surface area contributed by atoms with Crippen molar-refractivity contribution in [3.8, 4) is 5.69 Å². The fourth-order valence-electron chi connectivity index (χ4n) is 7.56. The van der Waals surface area contributed by atoms with Crippen LogP contribution >= 0.6 is 0 Å². The number of carbonyl (C=O) groups excluding carboxylic acids is 2. The van der Waals surface area contributed by atoms with Crippen LogP contribution in [0.3, 0.4) is 0 Å². The molecule has 53 heavy (non-hydrogen) atoms. The predicted molar refractivity (Wildman–Crippen MR) is 198 cm³/mol. The lowest BCUT2D eigenvalue weighted by atomic mass is 9.78. The van der Waals surface area contributed by atoms with Crippen molar-refractivity contribution < 1.29 is 35.1 Å². The van der Waals surface area contributed by atoms with Crippen molar-refractivity contribution in [2.24, 2.45) is 11.1 Å². The van der Waals surface area contributed by atoms with Crippen molar-refractivity contribution in [3.05, 3.63) is 125 Å². The number of para-hydroxylation sites is 1. The number of primary amides is 1. The molecule has 282 valence electrons. The molecule has 1 aromatic heterocycles. The summed E-state index contributed by atoms with van der Waals surface area (Å²) < 4.78 is 49.5. The highest BCUT2D eigenvalue weighted by Gasteiger charge is 2.52. The maximum atomic E-state index is 13.4. The molecule has 4 aliphatic heterocycles. The number of alkyl halides is 3. The van der Waals surface area contributed by atoms with E-state index in [1.165, 1.54) is 6.07 Å². The second kappa shape index (κ2) is 14.2. The molecule has 0 aliphatic carbocycles. The third-order valence-electron chi connectivity index (χ3n) is 10.4. The van der Waals surface area contributed by atoms with E-state index in [1.807, 2.05) is 46.8 Å². The fourth-order valence-corrected chi connectivity index (χ4v) is 7.56. The number of carbonyl (C=O) groups is 2. The van der Waals surface area contributed by atoms with Crippen LogP contribution in [0.15, 0.2) is 91.0 Å². The van der Waals surface area contributed by atoms with Crippen LogP contribution in [0, 0.1) is 12.3 Å². The molecule has 1 unspecified atom stereocenters. The van der Waals surface area contributed by atoms with Crippen LogP contribution in [0.1, 0.15) is 60.4 Å². The zero-order valence-electron chi connectivity index (χ0n) is 29.8. The van der Waals surface area contributed by atoms with Gasteiger partial charge in [0.2, 0.25) is 11.8 Å². The minimum atomic E-state index is -4.44. The molecule has 13 heteroatoms. The molecule has 3 saturated heterocycles. The van der Waals surface area contributed by atoms with Crippen molar-refractivity contribution in [3.63, 3.8) is 0 Å². The van der Waals surface area contributed by atoms with Crippen molar-refractivity contribution >= 4 is 17.6 Å². The number of hydrogen-bond acceptors (Lipinski definition) is 7. The Morgan fingerprint density at radius 3 is 2.40 bits per heavy atom. The molecular weight excluding hydrogens is 685 g/mol. The molecule has 3 aromatic carbocycles.